The molecule has 1 atom stereocenters. The van der Waals surface area contributed by atoms with Gasteiger partial charge in [0.1, 0.15) is 12.0 Å². The summed E-state index contributed by atoms with van der Waals surface area (Å²) in [6.07, 6.45) is 8.56. The average molecular weight is 260 g/mol. The van der Waals surface area contributed by atoms with Crippen molar-refractivity contribution in [3.05, 3.63) is 12.5 Å². The quantitative estimate of drug-likeness (QED) is 0.866. The minimum Gasteiger partial charge on any atom is -0.363 e. The minimum absolute atomic E-state index is 0. The lowest BCUT2D eigenvalue weighted by Gasteiger charge is -2.15. The molecular weight excluding hydrogens is 242 g/mol. The second-order valence-electron chi connectivity index (χ2n) is 4.40. The molecule has 96 valence electrons. The van der Waals surface area contributed by atoms with Crippen LogP contribution >= 0.6 is 12.4 Å². The highest BCUT2D eigenvalue weighted by Crippen LogP contribution is 2.28. The van der Waals surface area contributed by atoms with E-state index in [1.54, 1.807) is 0 Å². The van der Waals surface area contributed by atoms with E-state index in [4.69, 9.17) is 5.73 Å². The Morgan fingerprint density at radius 3 is 2.88 bits per heavy atom. The van der Waals surface area contributed by atoms with E-state index in [9.17, 15) is 4.79 Å². The normalized spacial score (nSPS) is 17.5. The Morgan fingerprint density at radius 2 is 2.29 bits per heavy atom. The fraction of sp³-hybridized carbons (Fsp3) is 0.636. The summed E-state index contributed by atoms with van der Waals surface area (Å²) in [5.74, 6) is 0.457. The Kier molecular flexibility index (Phi) is 5.44. The summed E-state index contributed by atoms with van der Waals surface area (Å²) >= 11 is 0. The highest BCUT2D eigenvalue weighted by molar-refractivity contribution is 5.94. The highest BCUT2D eigenvalue weighted by Gasteiger charge is 2.22. The molecule has 1 aliphatic carbocycles. The van der Waals surface area contributed by atoms with Crippen molar-refractivity contribution >= 4 is 24.0 Å². The van der Waals surface area contributed by atoms with Crippen LogP contribution in [-0.4, -0.2) is 17.1 Å². The van der Waals surface area contributed by atoms with Crippen molar-refractivity contribution in [2.45, 2.75) is 38.1 Å². The Bertz CT molecular complexity index is 336. The lowest BCUT2D eigenvalue weighted by Crippen LogP contribution is -2.36. The van der Waals surface area contributed by atoms with E-state index in [1.807, 2.05) is 0 Å². The number of nitrogens with zero attached hydrogens (tertiary/aromatic N) is 1. The van der Waals surface area contributed by atoms with Crippen molar-refractivity contribution in [1.82, 2.24) is 5.16 Å². The molecule has 6 heteroatoms. The van der Waals surface area contributed by atoms with Crippen LogP contribution in [0.2, 0.25) is 0 Å². The lowest BCUT2D eigenvalue weighted by molar-refractivity contribution is -0.117. The first-order chi connectivity index (χ1) is 7.75. The van der Waals surface area contributed by atoms with E-state index in [1.165, 1.54) is 38.1 Å². The summed E-state index contributed by atoms with van der Waals surface area (Å²) in [5, 5.41) is 6.18. The van der Waals surface area contributed by atoms with E-state index in [-0.39, 0.29) is 18.3 Å². The molecule has 0 saturated heterocycles. The van der Waals surface area contributed by atoms with Crippen LogP contribution in [-0.2, 0) is 4.79 Å². The molecule has 1 heterocycles. The van der Waals surface area contributed by atoms with Gasteiger partial charge in [-0.05, 0) is 12.3 Å². The number of aromatic nitrogens is 1. The largest absolute Gasteiger partial charge is 0.363 e. The van der Waals surface area contributed by atoms with Gasteiger partial charge in [0.25, 0.3) is 0 Å². The van der Waals surface area contributed by atoms with Crippen LogP contribution in [0.25, 0.3) is 0 Å². The SMILES string of the molecule is Cl.N[C@@H](CC1CCCC1)C(=O)Nc1cnoc1. The van der Waals surface area contributed by atoms with E-state index in [0.29, 0.717) is 11.6 Å². The third-order valence-corrected chi connectivity index (χ3v) is 3.10. The monoisotopic (exact) mass is 259 g/mol. The molecule has 0 aliphatic heterocycles. The van der Waals surface area contributed by atoms with Gasteiger partial charge in [0.2, 0.25) is 5.91 Å². The number of hydrogen-bond acceptors (Lipinski definition) is 4. The molecule has 0 bridgehead atoms. The fourth-order valence-corrected chi connectivity index (χ4v) is 2.21. The van der Waals surface area contributed by atoms with E-state index in [2.05, 4.69) is 15.0 Å². The zero-order valence-corrected chi connectivity index (χ0v) is 10.4. The molecule has 0 radical (unpaired) electrons. The van der Waals surface area contributed by atoms with Gasteiger partial charge in [0.05, 0.1) is 12.2 Å². The Morgan fingerprint density at radius 1 is 1.59 bits per heavy atom. The zero-order chi connectivity index (χ0) is 11.4. The molecule has 1 aromatic heterocycles. The number of carbonyl (C=O) groups excluding carboxylic acids is 1. The molecule has 1 amide bonds. The van der Waals surface area contributed by atoms with Crippen molar-refractivity contribution in [3.8, 4) is 0 Å². The standard InChI is InChI=1S/C11H17N3O2.ClH/c12-10(5-8-3-1-2-4-8)11(15)14-9-6-13-16-7-9;/h6-8,10H,1-5,12H2,(H,14,15);1H/t10-;/m0./s1. The first kappa shape index (κ1) is 14.0. The first-order valence-corrected chi connectivity index (χ1v) is 5.71. The van der Waals surface area contributed by atoms with Gasteiger partial charge in [-0.3, -0.25) is 4.79 Å². The van der Waals surface area contributed by atoms with Gasteiger partial charge in [0.15, 0.2) is 0 Å². The second kappa shape index (κ2) is 6.61. The number of amides is 1. The van der Waals surface area contributed by atoms with Crippen molar-refractivity contribution in [1.29, 1.82) is 0 Å². The number of carbonyl (C=O) groups is 1. The maximum Gasteiger partial charge on any atom is 0.241 e. The maximum atomic E-state index is 11.7. The van der Waals surface area contributed by atoms with Crippen LogP contribution in [0.5, 0.6) is 0 Å². The molecule has 0 spiro atoms. The average Bonchev–Trinajstić information content (AvgIpc) is 2.90. The molecule has 3 N–H and O–H groups in total. The minimum atomic E-state index is -0.432. The van der Waals surface area contributed by atoms with Crippen molar-refractivity contribution in [3.63, 3.8) is 0 Å². The van der Waals surface area contributed by atoms with Crippen LogP contribution in [0, 0.1) is 5.92 Å². The number of nitrogens with one attached hydrogen (secondary N) is 1. The van der Waals surface area contributed by atoms with E-state index >= 15 is 0 Å². The summed E-state index contributed by atoms with van der Waals surface area (Å²) in [6, 6.07) is -0.432. The molecule has 1 aliphatic rings. The molecule has 1 fully saturated rings. The molecule has 0 unspecified atom stereocenters. The summed E-state index contributed by atoms with van der Waals surface area (Å²) < 4.78 is 4.62. The van der Waals surface area contributed by atoms with E-state index in [0.717, 1.165) is 6.42 Å². The van der Waals surface area contributed by atoms with E-state index < -0.39 is 6.04 Å². The smallest absolute Gasteiger partial charge is 0.241 e. The van der Waals surface area contributed by atoms with Crippen molar-refractivity contribution in [2.75, 3.05) is 5.32 Å². The van der Waals surface area contributed by atoms with Crippen LogP contribution in [0.3, 0.4) is 0 Å². The second-order valence-corrected chi connectivity index (χ2v) is 4.40. The number of rotatable bonds is 4. The third kappa shape index (κ3) is 4.02. The number of halogens is 1. The molecule has 1 aromatic rings. The molecular formula is C11H18ClN3O2. The zero-order valence-electron chi connectivity index (χ0n) is 9.59. The molecule has 5 nitrogen and oxygen atoms in total. The predicted molar refractivity (Wildman–Crippen MR) is 66.9 cm³/mol. The van der Waals surface area contributed by atoms with Gasteiger partial charge < -0.3 is 15.6 Å². The maximum absolute atomic E-state index is 11.7. The Balaban J connectivity index is 0.00000144. The third-order valence-electron chi connectivity index (χ3n) is 3.10. The van der Waals surface area contributed by atoms with Gasteiger partial charge in [-0.25, -0.2) is 0 Å². The lowest BCUT2D eigenvalue weighted by atomic mass is 9.98. The summed E-state index contributed by atoms with van der Waals surface area (Å²) in [6.45, 7) is 0. The van der Waals surface area contributed by atoms with Gasteiger partial charge in [-0.1, -0.05) is 30.8 Å². The fourth-order valence-electron chi connectivity index (χ4n) is 2.21. The van der Waals surface area contributed by atoms with Crippen LogP contribution in [0.1, 0.15) is 32.1 Å². The van der Waals surface area contributed by atoms with Gasteiger partial charge in [0, 0.05) is 0 Å². The molecule has 2 rings (SSSR count). The number of hydrogen-bond donors (Lipinski definition) is 2. The molecule has 0 aromatic carbocycles. The summed E-state index contributed by atoms with van der Waals surface area (Å²) in [5.41, 5.74) is 6.41. The highest BCUT2D eigenvalue weighted by atomic mass is 35.5. The van der Waals surface area contributed by atoms with Crippen LogP contribution in [0.4, 0.5) is 5.69 Å². The predicted octanol–water partition coefficient (Wildman–Crippen LogP) is 1.94. The Labute approximate surface area is 107 Å². The van der Waals surface area contributed by atoms with Gasteiger partial charge in [-0.15, -0.1) is 12.4 Å². The molecule has 17 heavy (non-hydrogen) atoms. The van der Waals surface area contributed by atoms with Crippen LogP contribution < -0.4 is 11.1 Å². The summed E-state index contributed by atoms with van der Waals surface area (Å²) in [4.78, 5) is 11.7. The topological polar surface area (TPSA) is 81.2 Å². The van der Waals surface area contributed by atoms with Gasteiger partial charge in [-0.2, -0.15) is 0 Å². The van der Waals surface area contributed by atoms with Gasteiger partial charge >= 0.3 is 0 Å². The van der Waals surface area contributed by atoms with Crippen molar-refractivity contribution in [2.24, 2.45) is 11.7 Å². The van der Waals surface area contributed by atoms with Crippen LogP contribution in [0.15, 0.2) is 17.0 Å². The van der Waals surface area contributed by atoms with Crippen molar-refractivity contribution < 1.29 is 9.32 Å². The molecule has 1 saturated carbocycles. The first-order valence-electron chi connectivity index (χ1n) is 5.71. The summed E-state index contributed by atoms with van der Waals surface area (Å²) in [7, 11) is 0. The number of anilines is 1. The Hall–Kier alpha value is -1.07. The number of nitrogens with two attached hydrogens (primary N) is 1.